The van der Waals surface area contributed by atoms with E-state index in [1.165, 1.54) is 0 Å². The van der Waals surface area contributed by atoms with E-state index in [1.807, 2.05) is 30.3 Å². The lowest BCUT2D eigenvalue weighted by atomic mass is 10.0. The molecule has 22 heavy (non-hydrogen) atoms. The second-order valence-corrected chi connectivity index (χ2v) is 5.23. The van der Waals surface area contributed by atoms with Crippen LogP contribution in [0, 0.1) is 0 Å². The quantitative estimate of drug-likeness (QED) is 0.939. The number of nitrogens with zero attached hydrogens (tertiary/aromatic N) is 2. The Labute approximate surface area is 126 Å². The summed E-state index contributed by atoms with van der Waals surface area (Å²) in [4.78, 5) is 27.5. The van der Waals surface area contributed by atoms with Crippen LogP contribution in [0.4, 0.5) is 4.79 Å². The Morgan fingerprint density at radius 1 is 1.36 bits per heavy atom. The zero-order chi connectivity index (χ0) is 15.4. The number of benzene rings is 1. The van der Waals surface area contributed by atoms with E-state index in [0.29, 0.717) is 12.4 Å². The summed E-state index contributed by atoms with van der Waals surface area (Å²) in [5, 5.41) is 3.70. The number of ether oxygens (including phenoxy) is 1. The molecule has 7 nitrogen and oxygen atoms in total. The molecule has 1 aliphatic rings. The molecular formula is C15H17N3O4. The van der Waals surface area contributed by atoms with E-state index in [2.05, 4.69) is 14.7 Å². The number of piperidine rings is 1. The van der Waals surface area contributed by atoms with Crippen molar-refractivity contribution in [2.75, 3.05) is 6.54 Å². The maximum atomic E-state index is 12.3. The van der Waals surface area contributed by atoms with Crippen LogP contribution in [0.2, 0.25) is 0 Å². The summed E-state index contributed by atoms with van der Waals surface area (Å²) in [6.07, 6.45) is 2.18. The predicted octanol–water partition coefficient (Wildman–Crippen LogP) is 2.23. The molecule has 0 saturated carbocycles. The van der Waals surface area contributed by atoms with E-state index in [1.54, 1.807) is 4.90 Å². The normalized spacial score (nSPS) is 18.2. The lowest BCUT2D eigenvalue weighted by Crippen LogP contribution is -2.39. The molecule has 0 aliphatic carbocycles. The number of hydrogen-bond donors (Lipinski definition) is 1. The molecule has 1 fully saturated rings. The first-order chi connectivity index (χ1) is 10.7. The summed E-state index contributed by atoms with van der Waals surface area (Å²) in [5.41, 5.74) is 0.930. The molecule has 1 atom stereocenters. The number of carbonyl (C=O) groups is 1. The molecule has 1 aliphatic heterocycles. The van der Waals surface area contributed by atoms with Crippen LogP contribution in [-0.4, -0.2) is 27.7 Å². The third-order valence-corrected chi connectivity index (χ3v) is 3.72. The average Bonchev–Trinajstić information content (AvgIpc) is 3.00. The molecule has 1 amide bonds. The van der Waals surface area contributed by atoms with Crippen molar-refractivity contribution >= 4 is 6.09 Å². The minimum atomic E-state index is -0.613. The van der Waals surface area contributed by atoms with Gasteiger partial charge in [0.15, 0.2) is 5.82 Å². The molecule has 0 radical (unpaired) electrons. The SMILES string of the molecule is O=C(OCc1ccccc1)N1CCCCC1c1noc(=O)[nH]1. The number of hydrogen-bond acceptors (Lipinski definition) is 5. The van der Waals surface area contributed by atoms with Gasteiger partial charge in [0.1, 0.15) is 6.61 Å². The zero-order valence-electron chi connectivity index (χ0n) is 12.0. The highest BCUT2D eigenvalue weighted by Gasteiger charge is 2.31. The van der Waals surface area contributed by atoms with Crippen LogP contribution in [0.15, 0.2) is 39.6 Å². The maximum Gasteiger partial charge on any atom is 0.438 e. The van der Waals surface area contributed by atoms with E-state index in [-0.39, 0.29) is 12.6 Å². The third kappa shape index (κ3) is 3.19. The predicted molar refractivity (Wildman–Crippen MR) is 77.0 cm³/mol. The number of amides is 1. The van der Waals surface area contributed by atoms with E-state index in [9.17, 15) is 9.59 Å². The maximum absolute atomic E-state index is 12.3. The number of likely N-dealkylation sites (tertiary alicyclic amines) is 1. The van der Waals surface area contributed by atoms with Gasteiger partial charge in [-0.2, -0.15) is 0 Å². The van der Waals surface area contributed by atoms with Gasteiger partial charge in [0.05, 0.1) is 6.04 Å². The molecule has 0 spiro atoms. The highest BCUT2D eigenvalue weighted by atomic mass is 16.6. The van der Waals surface area contributed by atoms with Crippen molar-refractivity contribution in [2.24, 2.45) is 0 Å². The fraction of sp³-hybridized carbons (Fsp3) is 0.400. The van der Waals surface area contributed by atoms with Crippen LogP contribution >= 0.6 is 0 Å². The monoisotopic (exact) mass is 303 g/mol. The fourth-order valence-corrected chi connectivity index (χ4v) is 2.62. The molecular weight excluding hydrogens is 286 g/mol. The molecule has 1 N–H and O–H groups in total. The number of aromatic nitrogens is 2. The molecule has 2 aromatic rings. The Balaban J connectivity index is 1.67. The van der Waals surface area contributed by atoms with Gasteiger partial charge in [-0.25, -0.2) is 9.59 Å². The number of carbonyl (C=O) groups excluding carboxylic acids is 1. The highest BCUT2D eigenvalue weighted by Crippen LogP contribution is 2.29. The van der Waals surface area contributed by atoms with Gasteiger partial charge in [0.25, 0.3) is 0 Å². The minimum Gasteiger partial charge on any atom is -0.445 e. The Bertz CT molecular complexity index is 679. The van der Waals surface area contributed by atoms with Crippen LogP contribution in [0.25, 0.3) is 0 Å². The van der Waals surface area contributed by atoms with Gasteiger partial charge in [0, 0.05) is 6.54 Å². The molecule has 1 saturated heterocycles. The van der Waals surface area contributed by atoms with Crippen molar-refractivity contribution in [1.82, 2.24) is 15.0 Å². The number of rotatable bonds is 3. The third-order valence-electron chi connectivity index (χ3n) is 3.72. The number of H-pyrrole nitrogens is 1. The Kier molecular flexibility index (Phi) is 4.22. The fourth-order valence-electron chi connectivity index (χ4n) is 2.62. The molecule has 1 aromatic carbocycles. The van der Waals surface area contributed by atoms with Crippen LogP contribution in [-0.2, 0) is 11.3 Å². The van der Waals surface area contributed by atoms with Gasteiger partial charge in [-0.15, -0.1) is 0 Å². The van der Waals surface area contributed by atoms with Gasteiger partial charge < -0.3 is 4.74 Å². The van der Waals surface area contributed by atoms with Crippen molar-refractivity contribution in [3.8, 4) is 0 Å². The molecule has 2 heterocycles. The van der Waals surface area contributed by atoms with Crippen molar-refractivity contribution in [2.45, 2.75) is 31.9 Å². The Morgan fingerprint density at radius 2 is 2.18 bits per heavy atom. The van der Waals surface area contributed by atoms with Crippen molar-refractivity contribution in [3.05, 3.63) is 52.3 Å². The summed E-state index contributed by atoms with van der Waals surface area (Å²) in [5.74, 6) is -0.237. The van der Waals surface area contributed by atoms with Gasteiger partial charge in [-0.05, 0) is 24.8 Å². The van der Waals surface area contributed by atoms with Gasteiger partial charge in [-0.1, -0.05) is 35.5 Å². The molecule has 0 bridgehead atoms. The number of nitrogens with one attached hydrogen (secondary N) is 1. The first-order valence-electron chi connectivity index (χ1n) is 7.27. The Hall–Kier alpha value is -2.57. The summed E-state index contributed by atoms with van der Waals surface area (Å²) in [6.45, 7) is 0.797. The number of aromatic amines is 1. The Morgan fingerprint density at radius 3 is 2.91 bits per heavy atom. The molecule has 7 heteroatoms. The second kappa shape index (κ2) is 6.46. The second-order valence-electron chi connectivity index (χ2n) is 5.23. The summed E-state index contributed by atoms with van der Waals surface area (Å²) >= 11 is 0. The minimum absolute atomic E-state index is 0.220. The van der Waals surface area contributed by atoms with E-state index < -0.39 is 11.8 Å². The average molecular weight is 303 g/mol. The van der Waals surface area contributed by atoms with Crippen LogP contribution in [0.3, 0.4) is 0 Å². The van der Waals surface area contributed by atoms with Crippen molar-refractivity contribution < 1.29 is 14.1 Å². The van der Waals surface area contributed by atoms with Crippen LogP contribution in [0.5, 0.6) is 0 Å². The highest BCUT2D eigenvalue weighted by molar-refractivity contribution is 5.68. The standard InChI is InChI=1S/C15H17N3O4/c19-14-16-13(17-22-14)12-8-4-5-9-18(12)15(20)21-10-11-6-2-1-3-7-11/h1-3,6-7,12H,4-5,8-10H2,(H,16,17,19). The summed E-state index contributed by atoms with van der Waals surface area (Å²) < 4.78 is 9.90. The summed E-state index contributed by atoms with van der Waals surface area (Å²) in [7, 11) is 0. The molecule has 1 aromatic heterocycles. The van der Waals surface area contributed by atoms with E-state index >= 15 is 0 Å². The lowest BCUT2D eigenvalue weighted by Gasteiger charge is -2.33. The zero-order valence-corrected chi connectivity index (χ0v) is 12.0. The first kappa shape index (κ1) is 14.4. The van der Waals surface area contributed by atoms with Gasteiger partial charge in [0.2, 0.25) is 0 Å². The van der Waals surface area contributed by atoms with E-state index in [4.69, 9.17) is 4.74 Å². The van der Waals surface area contributed by atoms with Crippen molar-refractivity contribution in [1.29, 1.82) is 0 Å². The van der Waals surface area contributed by atoms with Gasteiger partial charge in [-0.3, -0.25) is 14.4 Å². The van der Waals surface area contributed by atoms with Gasteiger partial charge >= 0.3 is 11.8 Å². The van der Waals surface area contributed by atoms with Crippen molar-refractivity contribution in [3.63, 3.8) is 0 Å². The molecule has 116 valence electrons. The van der Waals surface area contributed by atoms with E-state index in [0.717, 1.165) is 24.8 Å². The van der Waals surface area contributed by atoms with Crippen LogP contribution in [0.1, 0.15) is 36.7 Å². The largest absolute Gasteiger partial charge is 0.445 e. The first-order valence-corrected chi connectivity index (χ1v) is 7.27. The van der Waals surface area contributed by atoms with Crippen LogP contribution < -0.4 is 5.76 Å². The lowest BCUT2D eigenvalue weighted by molar-refractivity contribution is 0.0652. The molecule has 1 unspecified atom stereocenters. The topological polar surface area (TPSA) is 88.4 Å². The smallest absolute Gasteiger partial charge is 0.438 e. The summed E-state index contributed by atoms with van der Waals surface area (Å²) in [6, 6.07) is 9.20. The molecule has 3 rings (SSSR count).